The smallest absolute Gasteiger partial charge is 0.272 e. The molecule has 0 bridgehead atoms. The summed E-state index contributed by atoms with van der Waals surface area (Å²) >= 11 is 0. The summed E-state index contributed by atoms with van der Waals surface area (Å²) in [6.45, 7) is 12.7. The molecule has 0 radical (unpaired) electrons. The van der Waals surface area contributed by atoms with Gasteiger partial charge in [-0.1, -0.05) is 31.4 Å². The molecule has 0 aliphatic carbocycles. The van der Waals surface area contributed by atoms with E-state index in [9.17, 15) is 24.0 Å². The van der Waals surface area contributed by atoms with Crippen molar-refractivity contribution in [3.8, 4) is 16.9 Å². The zero-order chi connectivity index (χ0) is 30.1. The highest BCUT2D eigenvalue weighted by atomic mass is 16.5. The van der Waals surface area contributed by atoms with Crippen molar-refractivity contribution in [2.75, 3.05) is 44.2 Å². The van der Waals surface area contributed by atoms with Crippen molar-refractivity contribution in [1.29, 1.82) is 0 Å². The average molecular weight is 571 g/mol. The first kappa shape index (κ1) is 28.3. The van der Waals surface area contributed by atoms with Gasteiger partial charge in [0.2, 0.25) is 11.8 Å². The van der Waals surface area contributed by atoms with Gasteiger partial charge < -0.3 is 24.8 Å². The minimum Gasteiger partial charge on any atom is -0.490 e. The number of hydrogen-bond donors (Lipinski definition) is 1. The summed E-state index contributed by atoms with van der Waals surface area (Å²) < 4.78 is 6.81. The van der Waals surface area contributed by atoms with E-state index in [4.69, 9.17) is 4.74 Å². The van der Waals surface area contributed by atoms with Crippen LogP contribution in [0.5, 0.6) is 5.75 Å². The van der Waals surface area contributed by atoms with Gasteiger partial charge in [0.25, 0.3) is 17.4 Å². The van der Waals surface area contributed by atoms with Gasteiger partial charge in [-0.05, 0) is 23.8 Å². The first-order valence-electron chi connectivity index (χ1n) is 13.4. The maximum atomic E-state index is 13.4. The topological polar surface area (TPSA) is 134 Å². The van der Waals surface area contributed by atoms with Crippen molar-refractivity contribution in [3.05, 3.63) is 71.9 Å². The standard InChI is InChI=1S/C30H30N6O6/c1-18(29(40)34-12-10-33(11-13-34)20(3)37)32-28(39)19(2)36-17-31-27-23(6-5-7-24(27)30(36)41)22-8-9-25-26(16-22)42-15-14-35(25)21(4)38/h5-9,16-17H,1-2,10-15H2,3-4H3,(H,32,39). The SMILES string of the molecule is C=C(NC(=O)C(=C)n1cnc2c(-c3ccc4c(c3)OCCN4C(C)=O)cccc2c1=O)C(=O)N1CCN(C(C)=O)CC1. The van der Waals surface area contributed by atoms with Gasteiger partial charge in [0, 0.05) is 45.6 Å². The lowest BCUT2D eigenvalue weighted by Gasteiger charge is -2.34. The van der Waals surface area contributed by atoms with E-state index in [2.05, 4.69) is 23.5 Å². The lowest BCUT2D eigenvalue weighted by atomic mass is 10.0. The van der Waals surface area contributed by atoms with Gasteiger partial charge in [0.1, 0.15) is 24.4 Å². The number of para-hydroxylation sites is 1. The van der Waals surface area contributed by atoms with Crippen LogP contribution in [-0.2, 0) is 19.2 Å². The predicted molar refractivity (Wildman–Crippen MR) is 156 cm³/mol. The van der Waals surface area contributed by atoms with E-state index in [1.165, 1.54) is 25.1 Å². The monoisotopic (exact) mass is 570 g/mol. The third kappa shape index (κ3) is 5.26. The summed E-state index contributed by atoms with van der Waals surface area (Å²) in [6.07, 6.45) is 1.22. The van der Waals surface area contributed by atoms with Gasteiger partial charge in [-0.15, -0.1) is 0 Å². The molecule has 0 spiro atoms. The molecule has 5 rings (SSSR count). The van der Waals surface area contributed by atoms with E-state index < -0.39 is 17.4 Å². The summed E-state index contributed by atoms with van der Waals surface area (Å²) in [5.74, 6) is -0.848. The number of aromatic nitrogens is 2. The molecule has 12 nitrogen and oxygen atoms in total. The number of anilines is 1. The van der Waals surface area contributed by atoms with Gasteiger partial charge in [-0.2, -0.15) is 0 Å². The molecule has 2 aromatic carbocycles. The minimum atomic E-state index is -0.781. The summed E-state index contributed by atoms with van der Waals surface area (Å²) in [5.41, 5.74) is 1.58. The summed E-state index contributed by atoms with van der Waals surface area (Å²) in [5, 5.41) is 2.68. The van der Waals surface area contributed by atoms with E-state index in [0.29, 0.717) is 61.8 Å². The van der Waals surface area contributed by atoms with Gasteiger partial charge in [0.15, 0.2) is 0 Å². The zero-order valence-corrected chi connectivity index (χ0v) is 23.4. The number of nitrogens with one attached hydrogen (secondary N) is 1. The molecular formula is C30H30N6O6. The van der Waals surface area contributed by atoms with Crippen LogP contribution in [0.2, 0.25) is 0 Å². The number of ether oxygens (including phenoxy) is 1. The molecule has 2 aliphatic rings. The summed E-state index contributed by atoms with van der Waals surface area (Å²) in [6, 6.07) is 10.6. The van der Waals surface area contributed by atoms with Gasteiger partial charge in [0.05, 0.1) is 28.8 Å². The Bertz CT molecular complexity index is 1720. The lowest BCUT2D eigenvalue weighted by Crippen LogP contribution is -2.51. The molecular weight excluding hydrogens is 540 g/mol. The quantitative estimate of drug-likeness (QED) is 0.461. The van der Waals surface area contributed by atoms with Crippen molar-refractivity contribution in [2.45, 2.75) is 13.8 Å². The number of amides is 4. The van der Waals surface area contributed by atoms with Crippen LogP contribution in [0.4, 0.5) is 5.69 Å². The number of benzene rings is 2. The van der Waals surface area contributed by atoms with Crippen LogP contribution in [0.3, 0.4) is 0 Å². The van der Waals surface area contributed by atoms with Crippen LogP contribution in [-0.4, -0.2) is 82.3 Å². The largest absolute Gasteiger partial charge is 0.490 e. The van der Waals surface area contributed by atoms with Crippen LogP contribution in [0, 0.1) is 0 Å². The molecule has 2 aliphatic heterocycles. The van der Waals surface area contributed by atoms with Crippen molar-refractivity contribution in [3.63, 3.8) is 0 Å². The van der Waals surface area contributed by atoms with Crippen LogP contribution in [0.1, 0.15) is 13.8 Å². The molecule has 1 fully saturated rings. The highest BCUT2D eigenvalue weighted by Crippen LogP contribution is 2.37. The van der Waals surface area contributed by atoms with E-state index in [1.54, 1.807) is 34.1 Å². The van der Waals surface area contributed by atoms with E-state index in [-0.39, 0.29) is 28.6 Å². The van der Waals surface area contributed by atoms with Crippen molar-refractivity contribution < 1.29 is 23.9 Å². The fraction of sp³-hybridized carbons (Fsp3) is 0.267. The summed E-state index contributed by atoms with van der Waals surface area (Å²) in [7, 11) is 0. The van der Waals surface area contributed by atoms with Crippen molar-refractivity contribution in [2.24, 2.45) is 0 Å². The van der Waals surface area contributed by atoms with Gasteiger partial charge in [-0.3, -0.25) is 28.5 Å². The Hall–Kier alpha value is -5.26. The molecule has 1 aromatic heterocycles. The first-order chi connectivity index (χ1) is 20.1. The third-order valence-electron chi connectivity index (χ3n) is 7.39. The molecule has 0 atom stereocenters. The van der Waals surface area contributed by atoms with Crippen LogP contribution in [0.25, 0.3) is 27.7 Å². The fourth-order valence-corrected chi connectivity index (χ4v) is 5.08. The number of rotatable bonds is 5. The van der Waals surface area contributed by atoms with E-state index in [1.807, 2.05) is 12.1 Å². The second-order valence-electron chi connectivity index (χ2n) is 10.0. The third-order valence-corrected chi connectivity index (χ3v) is 7.39. The van der Waals surface area contributed by atoms with Crippen LogP contribution in [0.15, 0.2) is 66.4 Å². The number of carbonyl (C=O) groups is 4. The maximum absolute atomic E-state index is 13.4. The fourth-order valence-electron chi connectivity index (χ4n) is 5.08. The molecule has 216 valence electrons. The Balaban J connectivity index is 1.35. The summed E-state index contributed by atoms with van der Waals surface area (Å²) in [4.78, 5) is 72.0. The molecule has 0 unspecified atom stereocenters. The minimum absolute atomic E-state index is 0.0650. The lowest BCUT2D eigenvalue weighted by molar-refractivity contribution is -0.136. The number of hydrogen-bond acceptors (Lipinski definition) is 7. The molecule has 0 saturated carbocycles. The Kier molecular flexibility index (Phi) is 7.62. The Morgan fingerprint density at radius 2 is 1.64 bits per heavy atom. The second-order valence-corrected chi connectivity index (χ2v) is 10.0. The van der Waals surface area contributed by atoms with Crippen molar-refractivity contribution in [1.82, 2.24) is 24.7 Å². The van der Waals surface area contributed by atoms with Gasteiger partial charge >= 0.3 is 0 Å². The Labute approximate surface area is 241 Å². The van der Waals surface area contributed by atoms with Gasteiger partial charge in [-0.25, -0.2) is 4.98 Å². The molecule has 1 N–H and O–H groups in total. The molecule has 42 heavy (non-hydrogen) atoms. The average Bonchev–Trinajstić information content (AvgIpc) is 2.99. The van der Waals surface area contributed by atoms with E-state index in [0.717, 1.165) is 10.1 Å². The predicted octanol–water partition coefficient (Wildman–Crippen LogP) is 1.60. The van der Waals surface area contributed by atoms with Crippen molar-refractivity contribution >= 4 is 45.9 Å². The molecule has 12 heteroatoms. The Morgan fingerprint density at radius 3 is 2.33 bits per heavy atom. The molecule has 1 saturated heterocycles. The zero-order valence-electron chi connectivity index (χ0n) is 23.4. The van der Waals surface area contributed by atoms with Crippen LogP contribution < -0.4 is 20.5 Å². The number of fused-ring (bicyclic) bond motifs is 2. The second kappa shape index (κ2) is 11.3. The van der Waals surface area contributed by atoms with E-state index >= 15 is 0 Å². The van der Waals surface area contributed by atoms with Crippen LogP contribution >= 0.6 is 0 Å². The first-order valence-corrected chi connectivity index (χ1v) is 13.4. The normalized spacial score (nSPS) is 14.6. The molecule has 3 heterocycles. The number of carbonyl (C=O) groups excluding carboxylic acids is 4. The number of nitrogens with zero attached hydrogens (tertiary/aromatic N) is 5. The molecule has 4 amide bonds. The Morgan fingerprint density at radius 1 is 0.929 bits per heavy atom. The highest BCUT2D eigenvalue weighted by Gasteiger charge is 2.26. The highest BCUT2D eigenvalue weighted by molar-refractivity contribution is 6.15. The maximum Gasteiger partial charge on any atom is 0.272 e. The number of piperazine rings is 1. The molecule has 3 aromatic rings.